The second-order valence-corrected chi connectivity index (χ2v) is 2.97. The topological polar surface area (TPSA) is 17.1 Å². The van der Waals surface area contributed by atoms with E-state index in [1.807, 2.05) is 0 Å². The number of fused-ring (bicyclic) bond motifs is 1. The highest BCUT2D eigenvalue weighted by Crippen LogP contribution is 2.56. The van der Waals surface area contributed by atoms with Crippen LogP contribution in [0.3, 0.4) is 0 Å². The molecule has 2 atom stereocenters. The van der Waals surface area contributed by atoms with Crippen molar-refractivity contribution in [2.45, 2.75) is 19.3 Å². The van der Waals surface area contributed by atoms with E-state index >= 15 is 0 Å². The molecule has 0 aromatic heterocycles. The molecule has 1 heteroatoms. The van der Waals surface area contributed by atoms with Crippen molar-refractivity contribution in [3.63, 3.8) is 0 Å². The second kappa shape index (κ2) is 1.34. The van der Waals surface area contributed by atoms with Gasteiger partial charge in [-0.15, -0.1) is 0 Å². The third kappa shape index (κ3) is 0.396. The fourth-order valence-corrected chi connectivity index (χ4v) is 2.08. The summed E-state index contributed by atoms with van der Waals surface area (Å²) < 4.78 is 0. The Labute approximate surface area is 49.1 Å². The number of aldehydes is 1. The van der Waals surface area contributed by atoms with Gasteiger partial charge < -0.3 is 4.79 Å². The maximum Gasteiger partial charge on any atom is 0.123 e. The number of hydrogen-bond acceptors (Lipinski definition) is 1. The average molecular weight is 110 g/mol. The standard InChI is InChI=1S/C7H10O/c8-4-7-5-2-1-3-6(5)7/h4-7H,1-3H2/t5-,6-/m0/s1. The van der Waals surface area contributed by atoms with Crippen molar-refractivity contribution >= 4 is 6.29 Å². The van der Waals surface area contributed by atoms with Crippen LogP contribution in [0.2, 0.25) is 0 Å². The molecule has 0 bridgehead atoms. The van der Waals surface area contributed by atoms with Crippen LogP contribution in [-0.4, -0.2) is 6.29 Å². The minimum atomic E-state index is 0.490. The molecule has 0 saturated heterocycles. The molecule has 2 saturated carbocycles. The highest BCUT2D eigenvalue weighted by molar-refractivity contribution is 5.59. The molecule has 0 aromatic carbocycles. The van der Waals surface area contributed by atoms with E-state index in [1.54, 1.807) is 0 Å². The summed E-state index contributed by atoms with van der Waals surface area (Å²) in [6.45, 7) is 0. The Morgan fingerprint density at radius 1 is 1.25 bits per heavy atom. The van der Waals surface area contributed by atoms with Crippen LogP contribution in [0, 0.1) is 17.8 Å². The SMILES string of the molecule is O=CC1[C@H]2CCC[C@H]12. The monoisotopic (exact) mass is 110 g/mol. The van der Waals surface area contributed by atoms with Crippen molar-refractivity contribution in [1.29, 1.82) is 0 Å². The van der Waals surface area contributed by atoms with E-state index in [4.69, 9.17) is 0 Å². The summed E-state index contributed by atoms with van der Waals surface area (Å²) in [6, 6.07) is 0. The van der Waals surface area contributed by atoms with Crippen LogP contribution in [0.15, 0.2) is 0 Å². The van der Waals surface area contributed by atoms with E-state index < -0.39 is 0 Å². The Morgan fingerprint density at radius 2 is 1.88 bits per heavy atom. The average Bonchev–Trinajstić information content (AvgIpc) is 2.22. The van der Waals surface area contributed by atoms with Gasteiger partial charge in [-0.1, -0.05) is 6.42 Å². The first-order chi connectivity index (χ1) is 3.93. The lowest BCUT2D eigenvalue weighted by molar-refractivity contribution is -0.109. The van der Waals surface area contributed by atoms with Crippen LogP contribution in [0.25, 0.3) is 0 Å². The van der Waals surface area contributed by atoms with Crippen LogP contribution in [0.4, 0.5) is 0 Å². The smallest absolute Gasteiger partial charge is 0.123 e. The van der Waals surface area contributed by atoms with Gasteiger partial charge in [0.25, 0.3) is 0 Å². The first kappa shape index (κ1) is 4.54. The van der Waals surface area contributed by atoms with Gasteiger partial charge in [-0.2, -0.15) is 0 Å². The van der Waals surface area contributed by atoms with E-state index in [0.717, 1.165) is 18.1 Å². The first-order valence-corrected chi connectivity index (χ1v) is 3.39. The van der Waals surface area contributed by atoms with Crippen molar-refractivity contribution in [1.82, 2.24) is 0 Å². The number of carbonyl (C=O) groups is 1. The summed E-state index contributed by atoms with van der Waals surface area (Å²) in [6.07, 6.45) is 5.18. The molecule has 2 rings (SSSR count). The first-order valence-electron chi connectivity index (χ1n) is 3.39. The van der Waals surface area contributed by atoms with Gasteiger partial charge in [0.05, 0.1) is 0 Å². The van der Waals surface area contributed by atoms with Gasteiger partial charge in [-0.05, 0) is 24.7 Å². The predicted molar refractivity (Wildman–Crippen MR) is 30.4 cm³/mol. The van der Waals surface area contributed by atoms with Crippen LogP contribution >= 0.6 is 0 Å². The van der Waals surface area contributed by atoms with E-state index in [0.29, 0.717) is 5.92 Å². The van der Waals surface area contributed by atoms with Gasteiger partial charge >= 0.3 is 0 Å². The summed E-state index contributed by atoms with van der Waals surface area (Å²) in [5.41, 5.74) is 0. The van der Waals surface area contributed by atoms with E-state index in [-0.39, 0.29) is 0 Å². The summed E-state index contributed by atoms with van der Waals surface area (Å²) in [5, 5.41) is 0. The van der Waals surface area contributed by atoms with Crippen molar-refractivity contribution in [2.24, 2.45) is 17.8 Å². The number of hydrogen-bond donors (Lipinski definition) is 0. The molecule has 0 amide bonds. The van der Waals surface area contributed by atoms with Gasteiger partial charge in [-0.25, -0.2) is 0 Å². The lowest BCUT2D eigenvalue weighted by Crippen LogP contribution is -1.86. The quantitative estimate of drug-likeness (QED) is 0.464. The zero-order valence-corrected chi connectivity index (χ0v) is 4.84. The lowest BCUT2D eigenvalue weighted by atomic mass is 10.2. The fraction of sp³-hybridized carbons (Fsp3) is 0.857. The Balaban J connectivity index is 2.03. The van der Waals surface area contributed by atoms with Crippen LogP contribution in [0.1, 0.15) is 19.3 Å². The lowest BCUT2D eigenvalue weighted by Gasteiger charge is -1.89. The zero-order chi connectivity index (χ0) is 5.56. The van der Waals surface area contributed by atoms with E-state index in [1.165, 1.54) is 19.3 Å². The van der Waals surface area contributed by atoms with E-state index in [2.05, 4.69) is 0 Å². The van der Waals surface area contributed by atoms with E-state index in [9.17, 15) is 4.79 Å². The highest BCUT2D eigenvalue weighted by Gasteiger charge is 2.52. The largest absolute Gasteiger partial charge is 0.303 e. The molecule has 0 aliphatic heterocycles. The number of carbonyl (C=O) groups excluding carboxylic acids is 1. The minimum Gasteiger partial charge on any atom is -0.303 e. The van der Waals surface area contributed by atoms with Crippen molar-refractivity contribution in [3.8, 4) is 0 Å². The van der Waals surface area contributed by atoms with Crippen LogP contribution < -0.4 is 0 Å². The number of rotatable bonds is 1. The van der Waals surface area contributed by atoms with Gasteiger partial charge in [0.2, 0.25) is 0 Å². The van der Waals surface area contributed by atoms with Gasteiger partial charge in [-0.3, -0.25) is 0 Å². The molecule has 2 fully saturated rings. The maximum absolute atomic E-state index is 10.2. The summed E-state index contributed by atoms with van der Waals surface area (Å²) in [5.74, 6) is 2.14. The molecule has 2 aliphatic carbocycles. The Kier molecular flexibility index (Phi) is 0.758. The molecular formula is C7H10O. The molecule has 0 spiro atoms. The summed E-state index contributed by atoms with van der Waals surface area (Å²) in [4.78, 5) is 10.2. The molecule has 0 radical (unpaired) electrons. The van der Waals surface area contributed by atoms with Crippen molar-refractivity contribution in [3.05, 3.63) is 0 Å². The summed E-state index contributed by atoms with van der Waals surface area (Å²) >= 11 is 0. The Morgan fingerprint density at radius 3 is 2.25 bits per heavy atom. The summed E-state index contributed by atoms with van der Waals surface area (Å²) in [7, 11) is 0. The maximum atomic E-state index is 10.2. The van der Waals surface area contributed by atoms with Gasteiger partial charge in [0, 0.05) is 5.92 Å². The normalized spacial score (nSPS) is 50.8. The highest BCUT2D eigenvalue weighted by atomic mass is 16.1. The molecule has 0 heterocycles. The predicted octanol–water partition coefficient (Wildman–Crippen LogP) is 1.23. The molecule has 0 N–H and O–H groups in total. The third-order valence-electron chi connectivity index (χ3n) is 2.63. The molecular weight excluding hydrogens is 100 g/mol. The van der Waals surface area contributed by atoms with Crippen molar-refractivity contribution < 1.29 is 4.79 Å². The van der Waals surface area contributed by atoms with Crippen LogP contribution in [0.5, 0.6) is 0 Å². The van der Waals surface area contributed by atoms with Crippen molar-refractivity contribution in [2.75, 3.05) is 0 Å². The minimum absolute atomic E-state index is 0.490. The zero-order valence-electron chi connectivity index (χ0n) is 4.84. The van der Waals surface area contributed by atoms with Crippen LogP contribution in [-0.2, 0) is 4.79 Å². The van der Waals surface area contributed by atoms with Gasteiger partial charge in [0.15, 0.2) is 0 Å². The van der Waals surface area contributed by atoms with Gasteiger partial charge in [0.1, 0.15) is 6.29 Å². The second-order valence-electron chi connectivity index (χ2n) is 2.97. The molecule has 1 nitrogen and oxygen atoms in total. The third-order valence-corrected chi connectivity index (χ3v) is 2.63. The molecule has 0 unspecified atom stereocenters. The molecule has 8 heavy (non-hydrogen) atoms. The molecule has 0 aromatic rings. The Bertz CT molecular complexity index is 110. The molecule has 44 valence electrons. The fourth-order valence-electron chi connectivity index (χ4n) is 2.08. The molecule has 2 aliphatic rings. The Hall–Kier alpha value is -0.330.